The van der Waals surface area contributed by atoms with E-state index < -0.39 is 0 Å². The summed E-state index contributed by atoms with van der Waals surface area (Å²) in [5, 5.41) is 2.97. The Bertz CT molecular complexity index is 754. The van der Waals surface area contributed by atoms with Gasteiger partial charge in [-0.25, -0.2) is 0 Å². The van der Waals surface area contributed by atoms with Crippen LogP contribution in [0.5, 0.6) is 0 Å². The van der Waals surface area contributed by atoms with Gasteiger partial charge in [0.05, 0.1) is 7.11 Å². The molecule has 0 saturated carbocycles. The van der Waals surface area contributed by atoms with Gasteiger partial charge in [-0.3, -0.25) is 9.59 Å². The lowest BCUT2D eigenvalue weighted by Crippen LogP contribution is -2.15. The van der Waals surface area contributed by atoms with Crippen LogP contribution in [0.4, 0.5) is 0 Å². The van der Waals surface area contributed by atoms with Crippen LogP contribution in [-0.4, -0.2) is 24.0 Å². The van der Waals surface area contributed by atoms with Crippen LogP contribution >= 0.6 is 0 Å². The van der Waals surface area contributed by atoms with Gasteiger partial charge >= 0.3 is 5.97 Å². The monoisotopic (exact) mass is 358 g/mol. The molecule has 26 heavy (non-hydrogen) atoms. The number of amides is 1. The summed E-state index contributed by atoms with van der Waals surface area (Å²) >= 11 is 0. The quantitative estimate of drug-likeness (QED) is 0.543. The van der Waals surface area contributed by atoms with E-state index in [0.29, 0.717) is 6.42 Å². The Labute approximate surface area is 155 Å². The van der Waals surface area contributed by atoms with Crippen molar-refractivity contribution in [3.63, 3.8) is 0 Å². The Morgan fingerprint density at radius 2 is 1.88 bits per heavy atom. The van der Waals surface area contributed by atoms with Crippen molar-refractivity contribution in [1.29, 1.82) is 0 Å². The number of methoxy groups -OCH3 is 1. The number of unbranched alkanes of at least 4 members (excludes halogenated alkanes) is 2. The zero-order chi connectivity index (χ0) is 19.3. The van der Waals surface area contributed by atoms with E-state index in [9.17, 15) is 9.59 Å². The molecule has 0 bridgehead atoms. The molecule has 0 spiro atoms. The maximum atomic E-state index is 11.9. The van der Waals surface area contributed by atoms with Gasteiger partial charge in [-0.05, 0) is 69.2 Å². The Balaban J connectivity index is 2.05. The van der Waals surface area contributed by atoms with Gasteiger partial charge in [-0.15, -0.1) is 0 Å². The molecular weight excluding hydrogens is 328 g/mol. The third-order valence-corrected chi connectivity index (χ3v) is 5.18. The molecule has 1 aliphatic heterocycles. The van der Waals surface area contributed by atoms with E-state index in [0.717, 1.165) is 54.6 Å². The fourth-order valence-corrected chi connectivity index (χ4v) is 3.54. The first-order valence-electron chi connectivity index (χ1n) is 9.37. The number of ether oxygens (including phenoxy) is 1. The molecule has 2 heterocycles. The van der Waals surface area contributed by atoms with Gasteiger partial charge in [-0.1, -0.05) is 13.3 Å². The predicted molar refractivity (Wildman–Crippen MR) is 104 cm³/mol. The molecule has 0 saturated heterocycles. The average molecular weight is 358 g/mol. The smallest absolute Gasteiger partial charge is 0.305 e. The number of carbonyl (C=O) groups excluding carboxylic acids is 2. The minimum atomic E-state index is -0.137. The lowest BCUT2D eigenvalue weighted by atomic mass is 10.0. The number of rotatable bonds is 8. The van der Waals surface area contributed by atoms with Crippen molar-refractivity contribution in [2.24, 2.45) is 0 Å². The van der Waals surface area contributed by atoms with Gasteiger partial charge in [0.25, 0.3) is 5.91 Å². The van der Waals surface area contributed by atoms with Gasteiger partial charge in [0.1, 0.15) is 0 Å². The number of aryl methyl sites for hydroxylation is 1. The summed E-state index contributed by atoms with van der Waals surface area (Å²) in [6, 6.07) is 0. The minimum Gasteiger partial charge on any atom is -0.469 e. The largest absolute Gasteiger partial charge is 0.469 e. The molecule has 1 aliphatic rings. The van der Waals surface area contributed by atoms with Gasteiger partial charge in [0.2, 0.25) is 0 Å². The molecule has 5 heteroatoms. The zero-order valence-corrected chi connectivity index (χ0v) is 16.5. The fourth-order valence-electron chi connectivity index (χ4n) is 3.54. The lowest BCUT2D eigenvalue weighted by molar-refractivity contribution is -0.140. The number of aromatic nitrogens is 1. The summed E-state index contributed by atoms with van der Waals surface area (Å²) in [4.78, 5) is 26.5. The number of hydrogen-bond donors (Lipinski definition) is 2. The maximum Gasteiger partial charge on any atom is 0.305 e. The van der Waals surface area contributed by atoms with Crippen molar-refractivity contribution in [3.8, 4) is 0 Å². The van der Waals surface area contributed by atoms with Crippen LogP contribution in [-0.2, 0) is 20.7 Å². The number of carbonyl (C=O) groups is 2. The molecule has 0 aliphatic carbocycles. The molecule has 5 nitrogen and oxygen atoms in total. The SMILES string of the molecule is CCC1=C(C)C(=O)N/C1=C\c1[nH]c(C)c(CCCCCC(=O)OC)c1C. The third kappa shape index (κ3) is 4.45. The van der Waals surface area contributed by atoms with E-state index in [1.165, 1.54) is 23.9 Å². The van der Waals surface area contributed by atoms with E-state index in [4.69, 9.17) is 0 Å². The summed E-state index contributed by atoms with van der Waals surface area (Å²) in [6.45, 7) is 8.16. The highest BCUT2D eigenvalue weighted by Crippen LogP contribution is 2.28. The van der Waals surface area contributed by atoms with E-state index in [2.05, 4.69) is 41.9 Å². The number of H-pyrrole nitrogens is 1. The highest BCUT2D eigenvalue weighted by Gasteiger charge is 2.23. The number of esters is 1. The fraction of sp³-hybridized carbons (Fsp3) is 0.524. The van der Waals surface area contributed by atoms with E-state index in [1.807, 2.05) is 6.92 Å². The zero-order valence-electron chi connectivity index (χ0n) is 16.5. The molecule has 1 amide bonds. The highest BCUT2D eigenvalue weighted by molar-refractivity contribution is 6.00. The molecular formula is C21H30N2O3. The van der Waals surface area contributed by atoms with Crippen molar-refractivity contribution in [2.75, 3.05) is 7.11 Å². The van der Waals surface area contributed by atoms with Crippen LogP contribution in [0.1, 0.15) is 68.5 Å². The first-order valence-corrected chi connectivity index (χ1v) is 9.37. The first kappa shape index (κ1) is 20.0. The Kier molecular flexibility index (Phi) is 6.83. The molecule has 2 N–H and O–H groups in total. The Morgan fingerprint density at radius 3 is 2.54 bits per heavy atom. The van der Waals surface area contributed by atoms with Crippen LogP contribution < -0.4 is 5.32 Å². The van der Waals surface area contributed by atoms with Gasteiger partial charge in [0.15, 0.2) is 0 Å². The van der Waals surface area contributed by atoms with Crippen LogP contribution in [0.3, 0.4) is 0 Å². The second kappa shape index (κ2) is 8.88. The molecule has 142 valence electrons. The van der Waals surface area contributed by atoms with Crippen molar-refractivity contribution in [2.45, 2.75) is 66.2 Å². The Morgan fingerprint density at radius 1 is 1.15 bits per heavy atom. The summed E-state index contributed by atoms with van der Waals surface area (Å²) in [6.07, 6.45) is 7.28. The van der Waals surface area contributed by atoms with Crippen LogP contribution in [0.15, 0.2) is 16.8 Å². The van der Waals surface area contributed by atoms with Crippen molar-refractivity contribution < 1.29 is 14.3 Å². The van der Waals surface area contributed by atoms with Crippen molar-refractivity contribution in [3.05, 3.63) is 39.4 Å². The predicted octanol–water partition coefficient (Wildman–Crippen LogP) is 4.10. The summed E-state index contributed by atoms with van der Waals surface area (Å²) < 4.78 is 4.67. The summed E-state index contributed by atoms with van der Waals surface area (Å²) in [5.41, 5.74) is 7.60. The topological polar surface area (TPSA) is 71.2 Å². The average Bonchev–Trinajstić information content (AvgIpc) is 3.03. The maximum absolute atomic E-state index is 11.9. The number of aromatic amines is 1. The third-order valence-electron chi connectivity index (χ3n) is 5.18. The van der Waals surface area contributed by atoms with Gasteiger partial charge in [0, 0.05) is 29.1 Å². The van der Waals surface area contributed by atoms with Crippen LogP contribution in [0, 0.1) is 13.8 Å². The lowest BCUT2D eigenvalue weighted by Gasteiger charge is -2.04. The molecule has 1 aromatic heterocycles. The molecule has 2 rings (SSSR count). The minimum absolute atomic E-state index is 0.000129. The second-order valence-electron chi connectivity index (χ2n) is 6.87. The molecule has 1 aromatic rings. The molecule has 0 unspecified atom stereocenters. The van der Waals surface area contributed by atoms with Crippen LogP contribution in [0.25, 0.3) is 6.08 Å². The van der Waals surface area contributed by atoms with Gasteiger partial charge < -0.3 is 15.0 Å². The number of nitrogens with one attached hydrogen (secondary N) is 2. The van der Waals surface area contributed by atoms with Gasteiger partial charge in [-0.2, -0.15) is 0 Å². The Hall–Kier alpha value is -2.30. The molecule has 0 aromatic carbocycles. The van der Waals surface area contributed by atoms with E-state index in [-0.39, 0.29) is 11.9 Å². The van der Waals surface area contributed by atoms with Crippen molar-refractivity contribution in [1.82, 2.24) is 10.3 Å². The molecule has 0 radical (unpaired) electrons. The molecule has 0 fully saturated rings. The number of allylic oxidation sites excluding steroid dienone is 1. The van der Waals surface area contributed by atoms with Crippen molar-refractivity contribution >= 4 is 18.0 Å². The first-order chi connectivity index (χ1) is 12.4. The summed E-state index contributed by atoms with van der Waals surface area (Å²) in [7, 11) is 1.43. The van der Waals surface area contributed by atoms with Crippen LogP contribution in [0.2, 0.25) is 0 Å². The highest BCUT2D eigenvalue weighted by atomic mass is 16.5. The van der Waals surface area contributed by atoms with E-state index in [1.54, 1.807) is 0 Å². The van der Waals surface area contributed by atoms with E-state index >= 15 is 0 Å². The summed E-state index contributed by atoms with van der Waals surface area (Å²) in [5.74, 6) is -0.138. The second-order valence-corrected chi connectivity index (χ2v) is 6.87. The molecule has 0 atom stereocenters. The standard InChI is InChI=1S/C21H30N2O3/c1-6-16-14(3)21(25)23-19(16)12-18-13(2)17(15(4)22-18)10-8-7-9-11-20(24)26-5/h12,22H,6-11H2,1-5H3,(H,23,25)/b19-12-. The number of hydrogen-bond acceptors (Lipinski definition) is 3. The normalized spacial score (nSPS) is 15.7.